The van der Waals surface area contributed by atoms with E-state index in [1.807, 2.05) is 38.1 Å². The van der Waals surface area contributed by atoms with Gasteiger partial charge < -0.3 is 10.2 Å². The van der Waals surface area contributed by atoms with Crippen LogP contribution in [0, 0.1) is 6.92 Å². The standard InChI is InChI=1S/C19H25N3O3/c1-13-7-9-15(10-8-13)19(3)17(24)22(18(25)20-19)12-16(23)21-11-5-4-6-14(21)2/h7-10,14H,4-6,11-12H2,1-3H3,(H,20,25)/t14-,19+/m0/s1. The SMILES string of the molecule is Cc1ccc([C@@]2(C)NC(=O)N(CC(=O)N3CCCC[C@@H]3C)C2=O)cc1. The summed E-state index contributed by atoms with van der Waals surface area (Å²) in [4.78, 5) is 40.7. The monoisotopic (exact) mass is 343 g/mol. The van der Waals surface area contributed by atoms with E-state index >= 15 is 0 Å². The summed E-state index contributed by atoms with van der Waals surface area (Å²) in [6, 6.07) is 7.14. The molecule has 6 nitrogen and oxygen atoms in total. The first kappa shape index (κ1) is 17.5. The minimum atomic E-state index is -1.13. The van der Waals surface area contributed by atoms with E-state index in [-0.39, 0.29) is 24.4 Å². The van der Waals surface area contributed by atoms with Gasteiger partial charge in [-0.05, 0) is 45.6 Å². The average molecular weight is 343 g/mol. The number of hydrogen-bond donors (Lipinski definition) is 1. The average Bonchev–Trinajstić information content (AvgIpc) is 2.80. The lowest BCUT2D eigenvalue weighted by molar-refractivity contribution is -0.140. The molecule has 0 spiro atoms. The second-order valence-electron chi connectivity index (χ2n) is 7.24. The van der Waals surface area contributed by atoms with E-state index in [0.29, 0.717) is 6.54 Å². The van der Waals surface area contributed by atoms with Crippen molar-refractivity contribution < 1.29 is 14.4 Å². The molecule has 1 N–H and O–H groups in total. The lowest BCUT2D eigenvalue weighted by Gasteiger charge is -2.34. The summed E-state index contributed by atoms with van der Waals surface area (Å²) >= 11 is 0. The Labute approximate surface area is 148 Å². The maximum absolute atomic E-state index is 12.9. The van der Waals surface area contributed by atoms with E-state index in [4.69, 9.17) is 0 Å². The van der Waals surface area contributed by atoms with Gasteiger partial charge in [-0.2, -0.15) is 0 Å². The third-order valence-electron chi connectivity index (χ3n) is 5.32. The molecule has 2 aliphatic heterocycles. The maximum atomic E-state index is 12.9. The van der Waals surface area contributed by atoms with Crippen LogP contribution in [0.4, 0.5) is 4.79 Å². The molecule has 1 aromatic carbocycles. The van der Waals surface area contributed by atoms with E-state index in [1.165, 1.54) is 0 Å². The molecule has 3 rings (SSSR count). The highest BCUT2D eigenvalue weighted by molar-refractivity contribution is 6.09. The van der Waals surface area contributed by atoms with Gasteiger partial charge in [0.05, 0.1) is 0 Å². The van der Waals surface area contributed by atoms with Gasteiger partial charge >= 0.3 is 6.03 Å². The fourth-order valence-corrected chi connectivity index (χ4v) is 3.62. The summed E-state index contributed by atoms with van der Waals surface area (Å²) in [6.07, 6.45) is 3.05. The lowest BCUT2D eigenvalue weighted by atomic mass is 9.91. The predicted molar refractivity (Wildman–Crippen MR) is 93.8 cm³/mol. The molecular weight excluding hydrogens is 318 g/mol. The summed E-state index contributed by atoms with van der Waals surface area (Å²) in [5.74, 6) is -0.539. The highest BCUT2D eigenvalue weighted by Crippen LogP contribution is 2.29. The number of amides is 4. The third-order valence-corrected chi connectivity index (χ3v) is 5.32. The van der Waals surface area contributed by atoms with Crippen LogP contribution in [-0.2, 0) is 15.1 Å². The summed E-state index contributed by atoms with van der Waals surface area (Å²) in [7, 11) is 0. The van der Waals surface area contributed by atoms with Crippen LogP contribution in [0.15, 0.2) is 24.3 Å². The third kappa shape index (κ3) is 3.13. The molecule has 2 atom stereocenters. The molecule has 4 amide bonds. The van der Waals surface area contributed by atoms with E-state index in [0.717, 1.165) is 35.3 Å². The normalized spacial score (nSPS) is 26.8. The van der Waals surface area contributed by atoms with Gasteiger partial charge in [-0.25, -0.2) is 4.79 Å². The highest BCUT2D eigenvalue weighted by atomic mass is 16.2. The number of carbonyl (C=O) groups is 3. The van der Waals surface area contributed by atoms with Crippen molar-refractivity contribution in [3.63, 3.8) is 0 Å². The first-order valence-corrected chi connectivity index (χ1v) is 8.83. The van der Waals surface area contributed by atoms with Gasteiger partial charge in [0.15, 0.2) is 0 Å². The summed E-state index contributed by atoms with van der Waals surface area (Å²) in [5.41, 5.74) is 0.673. The van der Waals surface area contributed by atoms with Crippen molar-refractivity contribution in [1.29, 1.82) is 0 Å². The molecule has 25 heavy (non-hydrogen) atoms. The van der Waals surface area contributed by atoms with Gasteiger partial charge in [0, 0.05) is 12.6 Å². The first-order chi connectivity index (χ1) is 11.8. The predicted octanol–water partition coefficient (Wildman–Crippen LogP) is 2.16. The first-order valence-electron chi connectivity index (χ1n) is 8.83. The smallest absolute Gasteiger partial charge is 0.325 e. The number of piperidine rings is 1. The van der Waals surface area contributed by atoms with Crippen LogP contribution in [0.5, 0.6) is 0 Å². The number of rotatable bonds is 3. The maximum Gasteiger partial charge on any atom is 0.325 e. The fraction of sp³-hybridized carbons (Fsp3) is 0.526. The zero-order valence-electron chi connectivity index (χ0n) is 15.0. The second kappa shape index (κ2) is 6.50. The van der Waals surface area contributed by atoms with E-state index in [1.54, 1.807) is 11.8 Å². The van der Waals surface area contributed by atoms with Gasteiger partial charge in [0.25, 0.3) is 5.91 Å². The van der Waals surface area contributed by atoms with E-state index in [2.05, 4.69) is 5.32 Å². The zero-order valence-corrected chi connectivity index (χ0v) is 15.0. The number of likely N-dealkylation sites (tertiary alicyclic amines) is 1. The molecule has 2 heterocycles. The molecular formula is C19H25N3O3. The van der Waals surface area contributed by atoms with Crippen LogP contribution < -0.4 is 5.32 Å². The van der Waals surface area contributed by atoms with Gasteiger partial charge in [0.1, 0.15) is 12.1 Å². The minimum Gasteiger partial charge on any atom is -0.338 e. The number of urea groups is 1. The second-order valence-corrected chi connectivity index (χ2v) is 7.24. The van der Waals surface area contributed by atoms with Crippen molar-refractivity contribution in [3.05, 3.63) is 35.4 Å². The van der Waals surface area contributed by atoms with Crippen molar-refractivity contribution in [1.82, 2.24) is 15.1 Å². The fourth-order valence-electron chi connectivity index (χ4n) is 3.62. The van der Waals surface area contributed by atoms with E-state index in [9.17, 15) is 14.4 Å². The van der Waals surface area contributed by atoms with Crippen molar-refractivity contribution in [3.8, 4) is 0 Å². The highest BCUT2D eigenvalue weighted by Gasteiger charge is 2.49. The van der Waals surface area contributed by atoms with Gasteiger partial charge in [-0.3, -0.25) is 14.5 Å². The zero-order chi connectivity index (χ0) is 18.2. The van der Waals surface area contributed by atoms with Crippen molar-refractivity contribution in [2.75, 3.05) is 13.1 Å². The molecule has 134 valence electrons. The molecule has 1 aromatic rings. The van der Waals surface area contributed by atoms with Crippen LogP contribution >= 0.6 is 0 Å². The molecule has 0 saturated carbocycles. The molecule has 0 aliphatic carbocycles. The number of nitrogens with one attached hydrogen (secondary N) is 1. The Morgan fingerprint density at radius 1 is 1.24 bits per heavy atom. The summed E-state index contributed by atoms with van der Waals surface area (Å²) < 4.78 is 0. The molecule has 0 unspecified atom stereocenters. The molecule has 0 radical (unpaired) electrons. The molecule has 0 aromatic heterocycles. The van der Waals surface area contributed by atoms with Crippen LogP contribution in [-0.4, -0.2) is 46.8 Å². The summed E-state index contributed by atoms with van der Waals surface area (Å²) in [5, 5.41) is 2.75. The van der Waals surface area contributed by atoms with Crippen LogP contribution in [0.2, 0.25) is 0 Å². The van der Waals surface area contributed by atoms with Gasteiger partial charge in [-0.1, -0.05) is 29.8 Å². The number of hydrogen-bond acceptors (Lipinski definition) is 3. The Balaban J connectivity index is 1.77. The number of aryl methyl sites for hydroxylation is 1. The van der Waals surface area contributed by atoms with Gasteiger partial charge in [0.2, 0.25) is 5.91 Å². The van der Waals surface area contributed by atoms with Crippen LogP contribution in [0.3, 0.4) is 0 Å². The number of nitrogens with zero attached hydrogens (tertiary/aromatic N) is 2. The molecule has 2 aliphatic rings. The van der Waals surface area contributed by atoms with Gasteiger partial charge in [-0.15, -0.1) is 0 Å². The molecule has 2 saturated heterocycles. The Morgan fingerprint density at radius 3 is 2.56 bits per heavy atom. The van der Waals surface area contributed by atoms with Crippen LogP contribution in [0.25, 0.3) is 0 Å². The van der Waals surface area contributed by atoms with Crippen LogP contribution in [0.1, 0.15) is 44.2 Å². The Hall–Kier alpha value is -2.37. The Morgan fingerprint density at radius 2 is 1.92 bits per heavy atom. The minimum absolute atomic E-state index is 0.158. The number of imide groups is 1. The quantitative estimate of drug-likeness (QED) is 0.855. The Bertz CT molecular complexity index is 700. The molecule has 2 fully saturated rings. The van der Waals surface area contributed by atoms with Crippen molar-refractivity contribution in [2.45, 2.75) is 51.6 Å². The topological polar surface area (TPSA) is 69.7 Å². The van der Waals surface area contributed by atoms with E-state index < -0.39 is 11.6 Å². The number of carbonyl (C=O) groups excluding carboxylic acids is 3. The van der Waals surface area contributed by atoms with Crippen molar-refractivity contribution in [2.24, 2.45) is 0 Å². The number of benzene rings is 1. The molecule has 0 bridgehead atoms. The largest absolute Gasteiger partial charge is 0.338 e. The lowest BCUT2D eigenvalue weighted by Crippen LogP contribution is -2.48. The summed E-state index contributed by atoms with van der Waals surface area (Å²) in [6.45, 7) is 6.16. The molecule has 6 heteroatoms. The van der Waals surface area contributed by atoms with Crippen molar-refractivity contribution >= 4 is 17.8 Å². The Kier molecular flexibility index (Phi) is 4.54.